The van der Waals surface area contributed by atoms with E-state index in [-0.39, 0.29) is 11.9 Å². The van der Waals surface area contributed by atoms with Gasteiger partial charge in [-0.2, -0.15) is 0 Å². The average Bonchev–Trinajstić information content (AvgIpc) is 2.78. The highest BCUT2D eigenvalue weighted by Crippen LogP contribution is 2.49. The Balaban J connectivity index is 1.82. The van der Waals surface area contributed by atoms with Gasteiger partial charge in [0.05, 0.1) is 11.5 Å². The number of ketones is 1. The zero-order chi connectivity index (χ0) is 14.4. The minimum Gasteiger partial charge on any atom is -0.490 e. The van der Waals surface area contributed by atoms with Crippen LogP contribution in [0.2, 0.25) is 0 Å². The van der Waals surface area contributed by atoms with Crippen LogP contribution in [-0.4, -0.2) is 17.0 Å². The molecule has 4 rings (SSSR count). The van der Waals surface area contributed by atoms with Gasteiger partial charge in [0.15, 0.2) is 5.78 Å². The van der Waals surface area contributed by atoms with Crippen LogP contribution in [0.5, 0.6) is 5.75 Å². The van der Waals surface area contributed by atoms with Crippen LogP contribution in [0.25, 0.3) is 0 Å². The first-order valence-corrected chi connectivity index (χ1v) is 7.26. The molecule has 0 aromatic heterocycles. The largest absolute Gasteiger partial charge is 0.490 e. The van der Waals surface area contributed by atoms with Gasteiger partial charge in [0.25, 0.3) is 0 Å². The summed E-state index contributed by atoms with van der Waals surface area (Å²) in [6.45, 7) is 0. The number of Topliss-reactive ketones (excluding diaryl/α,β-unsaturated/α-hetero) is 1. The van der Waals surface area contributed by atoms with E-state index in [0.717, 1.165) is 5.56 Å². The number of fused-ring (bicyclic) bond motifs is 3. The Hall–Kier alpha value is -2.13. The average molecular weight is 280 g/mol. The summed E-state index contributed by atoms with van der Waals surface area (Å²) in [4.78, 5) is 12.8. The second kappa shape index (κ2) is 4.43. The molecule has 21 heavy (non-hydrogen) atoms. The van der Waals surface area contributed by atoms with Crippen molar-refractivity contribution in [1.82, 2.24) is 0 Å². The van der Waals surface area contributed by atoms with Gasteiger partial charge in [-0.05, 0) is 24.1 Å². The van der Waals surface area contributed by atoms with Gasteiger partial charge in [-0.25, -0.2) is 0 Å². The number of carbonyl (C=O) groups excluding carboxylic acids is 1. The monoisotopic (exact) mass is 280 g/mol. The maximum absolute atomic E-state index is 12.8. The third kappa shape index (κ3) is 1.81. The summed E-state index contributed by atoms with van der Waals surface area (Å²) < 4.78 is 5.95. The minimum atomic E-state index is -1.13. The number of para-hydroxylation sites is 1. The first-order valence-electron chi connectivity index (χ1n) is 7.26. The molecular formula is C18H16O3. The van der Waals surface area contributed by atoms with Crippen molar-refractivity contribution in [2.45, 2.75) is 24.5 Å². The number of hydrogen-bond acceptors (Lipinski definition) is 3. The molecule has 2 bridgehead atoms. The molecule has 3 atom stereocenters. The zero-order valence-electron chi connectivity index (χ0n) is 11.5. The lowest BCUT2D eigenvalue weighted by Crippen LogP contribution is -2.36. The van der Waals surface area contributed by atoms with Gasteiger partial charge in [0.2, 0.25) is 0 Å². The highest BCUT2D eigenvalue weighted by atomic mass is 16.5. The Morgan fingerprint density at radius 1 is 1.05 bits per heavy atom. The molecule has 0 spiro atoms. The molecular weight excluding hydrogens is 264 g/mol. The molecule has 3 heteroatoms. The van der Waals surface area contributed by atoms with Crippen LogP contribution < -0.4 is 4.74 Å². The molecule has 0 unspecified atom stereocenters. The Morgan fingerprint density at radius 3 is 2.57 bits per heavy atom. The molecule has 2 aromatic rings. The predicted octanol–water partition coefficient (Wildman–Crippen LogP) is 2.93. The second-order valence-electron chi connectivity index (χ2n) is 5.88. The fourth-order valence-electron chi connectivity index (χ4n) is 3.63. The van der Waals surface area contributed by atoms with E-state index in [1.165, 1.54) is 0 Å². The number of benzene rings is 2. The highest BCUT2D eigenvalue weighted by Gasteiger charge is 2.53. The minimum absolute atomic E-state index is 0.0167. The lowest BCUT2D eigenvalue weighted by molar-refractivity contribution is -0.00368. The molecule has 1 aliphatic heterocycles. The van der Waals surface area contributed by atoms with Crippen molar-refractivity contribution in [2.24, 2.45) is 5.92 Å². The smallest absolute Gasteiger partial charge is 0.173 e. The zero-order valence-corrected chi connectivity index (χ0v) is 11.5. The van der Waals surface area contributed by atoms with E-state index in [1.54, 1.807) is 6.07 Å². The van der Waals surface area contributed by atoms with Crippen LogP contribution in [0.15, 0.2) is 54.6 Å². The van der Waals surface area contributed by atoms with E-state index >= 15 is 0 Å². The van der Waals surface area contributed by atoms with Crippen molar-refractivity contribution in [1.29, 1.82) is 0 Å². The quantitative estimate of drug-likeness (QED) is 0.873. The van der Waals surface area contributed by atoms with Crippen molar-refractivity contribution in [3.8, 4) is 5.75 Å². The summed E-state index contributed by atoms with van der Waals surface area (Å²) in [5, 5.41) is 11.2. The van der Waals surface area contributed by atoms with Crippen LogP contribution in [-0.2, 0) is 5.60 Å². The Kier molecular flexibility index (Phi) is 2.66. The maximum atomic E-state index is 12.8. The predicted molar refractivity (Wildman–Crippen MR) is 78.3 cm³/mol. The highest BCUT2D eigenvalue weighted by molar-refractivity contribution is 6.01. The third-order valence-corrected chi connectivity index (χ3v) is 4.65. The lowest BCUT2D eigenvalue weighted by atomic mass is 9.79. The van der Waals surface area contributed by atoms with Crippen LogP contribution in [0.1, 0.15) is 28.8 Å². The van der Waals surface area contributed by atoms with Crippen molar-refractivity contribution in [3.05, 3.63) is 65.7 Å². The van der Waals surface area contributed by atoms with Gasteiger partial charge in [-0.3, -0.25) is 4.79 Å². The fraction of sp³-hybridized carbons (Fsp3) is 0.278. The fourth-order valence-corrected chi connectivity index (χ4v) is 3.63. The normalized spacial score (nSPS) is 30.4. The van der Waals surface area contributed by atoms with E-state index in [4.69, 9.17) is 4.74 Å². The molecule has 1 heterocycles. The number of hydrogen-bond donors (Lipinski definition) is 1. The van der Waals surface area contributed by atoms with Crippen LogP contribution in [0.4, 0.5) is 0 Å². The van der Waals surface area contributed by atoms with Crippen LogP contribution in [0, 0.1) is 5.92 Å². The molecule has 1 N–H and O–H groups in total. The number of rotatable bonds is 1. The molecule has 106 valence electrons. The van der Waals surface area contributed by atoms with E-state index in [2.05, 4.69) is 0 Å². The van der Waals surface area contributed by atoms with Gasteiger partial charge in [0, 0.05) is 6.42 Å². The van der Waals surface area contributed by atoms with Gasteiger partial charge >= 0.3 is 0 Å². The molecule has 1 fully saturated rings. The summed E-state index contributed by atoms with van der Waals surface area (Å²) in [6.07, 6.45) is 0.911. The molecule has 0 amide bonds. The summed E-state index contributed by atoms with van der Waals surface area (Å²) in [7, 11) is 0. The maximum Gasteiger partial charge on any atom is 0.173 e. The van der Waals surface area contributed by atoms with Crippen LogP contribution in [0.3, 0.4) is 0 Å². The third-order valence-electron chi connectivity index (χ3n) is 4.65. The van der Waals surface area contributed by atoms with E-state index < -0.39 is 11.5 Å². The van der Waals surface area contributed by atoms with E-state index in [0.29, 0.717) is 24.2 Å². The van der Waals surface area contributed by atoms with Crippen molar-refractivity contribution < 1.29 is 14.6 Å². The molecule has 0 saturated heterocycles. The van der Waals surface area contributed by atoms with Crippen molar-refractivity contribution >= 4 is 5.78 Å². The topological polar surface area (TPSA) is 46.5 Å². The second-order valence-corrected chi connectivity index (χ2v) is 5.88. The first kappa shape index (κ1) is 12.6. The molecule has 1 aliphatic carbocycles. The summed E-state index contributed by atoms with van der Waals surface area (Å²) in [6, 6.07) is 16.8. The SMILES string of the molecule is O=C1c2ccccc2O[C@@H]2C[C@H]1[C@@](O)(c1ccccc1)C2. The first-order chi connectivity index (χ1) is 10.2. The van der Waals surface area contributed by atoms with Gasteiger partial charge < -0.3 is 9.84 Å². The van der Waals surface area contributed by atoms with Crippen molar-refractivity contribution in [3.63, 3.8) is 0 Å². The Labute approximate surface area is 123 Å². The van der Waals surface area contributed by atoms with Crippen molar-refractivity contribution in [2.75, 3.05) is 0 Å². The Bertz CT molecular complexity index is 695. The molecule has 2 aromatic carbocycles. The lowest BCUT2D eigenvalue weighted by Gasteiger charge is -2.31. The van der Waals surface area contributed by atoms with Gasteiger partial charge in [0.1, 0.15) is 17.5 Å². The summed E-state index contributed by atoms with van der Waals surface area (Å²) >= 11 is 0. The summed E-state index contributed by atoms with van der Waals surface area (Å²) in [5.74, 6) is 0.190. The Morgan fingerprint density at radius 2 is 1.76 bits per heavy atom. The molecule has 0 radical (unpaired) electrons. The van der Waals surface area contributed by atoms with Gasteiger partial charge in [-0.1, -0.05) is 42.5 Å². The van der Waals surface area contributed by atoms with Crippen LogP contribution >= 0.6 is 0 Å². The molecule has 3 nitrogen and oxygen atoms in total. The number of carbonyl (C=O) groups is 1. The van der Waals surface area contributed by atoms with E-state index in [9.17, 15) is 9.90 Å². The molecule has 1 saturated carbocycles. The van der Waals surface area contributed by atoms with Gasteiger partial charge in [-0.15, -0.1) is 0 Å². The summed E-state index contributed by atoms with van der Waals surface area (Å²) in [5.41, 5.74) is 0.254. The molecule has 2 aliphatic rings. The standard InChI is InChI=1S/C18H16O3/c19-17-14-8-4-5-9-16(14)21-13-10-15(17)18(20,11-13)12-6-2-1-3-7-12/h1-9,13,15,20H,10-11H2/t13-,15-,18+/m1/s1. The van der Waals surface area contributed by atoms with E-state index in [1.807, 2.05) is 48.5 Å². The number of aliphatic hydroxyl groups is 1. The number of ether oxygens (including phenoxy) is 1.